The highest BCUT2D eigenvalue weighted by molar-refractivity contribution is 6.30. The van der Waals surface area contributed by atoms with Gasteiger partial charge in [0.25, 0.3) is 0 Å². The topological polar surface area (TPSA) is 56.7 Å². The maximum absolute atomic E-state index is 9.43. The molecule has 0 amide bonds. The fourth-order valence-electron chi connectivity index (χ4n) is 2.21. The van der Waals surface area contributed by atoms with Gasteiger partial charge < -0.3 is 5.32 Å². The standard InChI is InChI=1S/C18H21Cl2N3O/c1-18(2,3)22-17(23-24)21-16(12-4-8-14(19)9-5-12)13-6-10-15(20)11-7-13/h4-11,16,24H,1-3H3,(H2,21,22,23). The molecule has 0 saturated carbocycles. The third-order valence-electron chi connectivity index (χ3n) is 3.23. The molecule has 2 aromatic carbocycles. The molecule has 0 bridgehead atoms. The van der Waals surface area contributed by atoms with Gasteiger partial charge in [-0.1, -0.05) is 47.5 Å². The molecule has 0 aliphatic heterocycles. The second-order valence-corrected chi connectivity index (χ2v) is 7.34. The summed E-state index contributed by atoms with van der Waals surface area (Å²) in [6.07, 6.45) is 0. The van der Waals surface area contributed by atoms with Crippen LogP contribution >= 0.6 is 23.2 Å². The zero-order chi connectivity index (χ0) is 17.7. The number of aliphatic imine (C=N–C) groups is 1. The molecule has 0 aromatic heterocycles. The summed E-state index contributed by atoms with van der Waals surface area (Å²) in [7, 11) is 0. The molecule has 0 radical (unpaired) electrons. The van der Waals surface area contributed by atoms with E-state index in [1.165, 1.54) is 0 Å². The Morgan fingerprint density at radius 1 is 0.917 bits per heavy atom. The van der Waals surface area contributed by atoms with Crippen LogP contribution in [0, 0.1) is 0 Å². The molecule has 2 rings (SSSR count). The highest BCUT2D eigenvalue weighted by atomic mass is 35.5. The Bertz CT molecular complexity index is 646. The third-order valence-corrected chi connectivity index (χ3v) is 3.73. The van der Waals surface area contributed by atoms with E-state index < -0.39 is 0 Å². The fourth-order valence-corrected chi connectivity index (χ4v) is 2.46. The molecule has 0 unspecified atom stereocenters. The molecule has 3 N–H and O–H groups in total. The Labute approximate surface area is 152 Å². The van der Waals surface area contributed by atoms with E-state index in [-0.39, 0.29) is 17.5 Å². The first-order valence-corrected chi connectivity index (χ1v) is 8.31. The Balaban J connectivity index is 2.45. The molecule has 0 heterocycles. The number of nitrogens with one attached hydrogen (secondary N) is 2. The lowest BCUT2D eigenvalue weighted by molar-refractivity contribution is 0.225. The molecule has 4 nitrogen and oxygen atoms in total. The maximum Gasteiger partial charge on any atom is 0.216 e. The van der Waals surface area contributed by atoms with E-state index in [4.69, 9.17) is 23.2 Å². The third kappa shape index (κ3) is 5.41. The molecule has 0 spiro atoms. The number of benzene rings is 2. The fraction of sp³-hybridized carbons (Fsp3) is 0.278. The van der Waals surface area contributed by atoms with Crippen LogP contribution in [-0.2, 0) is 0 Å². The van der Waals surface area contributed by atoms with Gasteiger partial charge in [-0.25, -0.2) is 10.5 Å². The Morgan fingerprint density at radius 2 is 1.33 bits per heavy atom. The number of hydrogen-bond acceptors (Lipinski definition) is 2. The maximum atomic E-state index is 9.43. The summed E-state index contributed by atoms with van der Waals surface area (Å²) in [5.74, 6) is 0.289. The van der Waals surface area contributed by atoms with Crippen LogP contribution in [0.3, 0.4) is 0 Å². The summed E-state index contributed by atoms with van der Waals surface area (Å²) >= 11 is 12.0. The lowest BCUT2D eigenvalue weighted by Gasteiger charge is -2.24. The van der Waals surface area contributed by atoms with Crippen LogP contribution in [0.4, 0.5) is 0 Å². The van der Waals surface area contributed by atoms with Crippen molar-refractivity contribution in [1.82, 2.24) is 10.8 Å². The molecule has 0 aliphatic carbocycles. The minimum absolute atomic E-state index is 0.251. The van der Waals surface area contributed by atoms with Crippen LogP contribution in [0.25, 0.3) is 0 Å². The molecular formula is C18H21Cl2N3O. The van der Waals surface area contributed by atoms with Crippen molar-refractivity contribution in [1.29, 1.82) is 0 Å². The predicted octanol–water partition coefficient (Wildman–Crippen LogP) is 4.81. The van der Waals surface area contributed by atoms with Gasteiger partial charge in [0.15, 0.2) is 0 Å². The minimum atomic E-state index is -0.316. The second-order valence-electron chi connectivity index (χ2n) is 6.47. The Hall–Kier alpha value is -1.75. The largest absolute Gasteiger partial charge is 0.350 e. The van der Waals surface area contributed by atoms with E-state index in [2.05, 4.69) is 15.8 Å². The minimum Gasteiger partial charge on any atom is -0.350 e. The first-order chi connectivity index (χ1) is 11.3. The molecule has 0 saturated heterocycles. The molecule has 128 valence electrons. The first-order valence-electron chi connectivity index (χ1n) is 7.55. The zero-order valence-corrected chi connectivity index (χ0v) is 15.4. The van der Waals surface area contributed by atoms with Crippen molar-refractivity contribution in [3.05, 3.63) is 69.7 Å². The van der Waals surface area contributed by atoms with Crippen molar-refractivity contribution in [2.45, 2.75) is 32.4 Å². The number of rotatable bonds is 3. The van der Waals surface area contributed by atoms with Gasteiger partial charge in [-0.2, -0.15) is 0 Å². The summed E-state index contributed by atoms with van der Waals surface area (Å²) in [4.78, 5) is 4.64. The van der Waals surface area contributed by atoms with Crippen LogP contribution in [0.5, 0.6) is 0 Å². The van der Waals surface area contributed by atoms with Gasteiger partial charge in [0.1, 0.15) is 6.04 Å². The van der Waals surface area contributed by atoms with E-state index in [1.807, 2.05) is 69.3 Å². The molecule has 0 aliphatic rings. The Kier molecular flexibility index (Phi) is 6.10. The lowest BCUT2D eigenvalue weighted by atomic mass is 9.99. The van der Waals surface area contributed by atoms with Crippen molar-refractivity contribution in [2.24, 2.45) is 4.99 Å². The van der Waals surface area contributed by atoms with Crippen molar-refractivity contribution < 1.29 is 5.21 Å². The van der Waals surface area contributed by atoms with Gasteiger partial charge in [-0.15, -0.1) is 0 Å². The molecule has 24 heavy (non-hydrogen) atoms. The lowest BCUT2D eigenvalue weighted by Crippen LogP contribution is -2.46. The van der Waals surface area contributed by atoms with Crippen LogP contribution in [-0.4, -0.2) is 16.7 Å². The molecule has 0 atom stereocenters. The summed E-state index contributed by atoms with van der Waals surface area (Å²) in [5.41, 5.74) is 3.79. The average molecular weight is 366 g/mol. The average Bonchev–Trinajstić information content (AvgIpc) is 2.52. The van der Waals surface area contributed by atoms with Crippen molar-refractivity contribution >= 4 is 29.2 Å². The summed E-state index contributed by atoms with van der Waals surface area (Å²) in [5, 5.41) is 13.9. The van der Waals surface area contributed by atoms with Gasteiger partial charge in [0, 0.05) is 15.6 Å². The van der Waals surface area contributed by atoms with E-state index in [0.717, 1.165) is 11.1 Å². The highest BCUT2D eigenvalue weighted by Gasteiger charge is 2.17. The van der Waals surface area contributed by atoms with Crippen molar-refractivity contribution in [3.63, 3.8) is 0 Å². The molecule has 6 heteroatoms. The van der Waals surface area contributed by atoms with E-state index >= 15 is 0 Å². The van der Waals surface area contributed by atoms with E-state index in [9.17, 15) is 5.21 Å². The number of guanidine groups is 1. The van der Waals surface area contributed by atoms with Gasteiger partial charge in [0.2, 0.25) is 5.96 Å². The van der Waals surface area contributed by atoms with Crippen LogP contribution in [0.1, 0.15) is 37.9 Å². The Morgan fingerprint density at radius 3 is 1.67 bits per heavy atom. The van der Waals surface area contributed by atoms with E-state index in [1.54, 1.807) is 0 Å². The van der Waals surface area contributed by atoms with Gasteiger partial charge >= 0.3 is 0 Å². The smallest absolute Gasteiger partial charge is 0.216 e. The number of nitrogens with zero attached hydrogens (tertiary/aromatic N) is 1. The number of hydrogen-bond donors (Lipinski definition) is 3. The van der Waals surface area contributed by atoms with Crippen LogP contribution < -0.4 is 10.8 Å². The molecule has 0 fully saturated rings. The molecular weight excluding hydrogens is 345 g/mol. The van der Waals surface area contributed by atoms with Gasteiger partial charge in [0.05, 0.1) is 0 Å². The normalized spacial score (nSPS) is 12.4. The van der Waals surface area contributed by atoms with Gasteiger partial charge in [-0.05, 0) is 56.2 Å². The predicted molar refractivity (Wildman–Crippen MR) is 100.0 cm³/mol. The van der Waals surface area contributed by atoms with Gasteiger partial charge in [-0.3, -0.25) is 5.21 Å². The summed E-state index contributed by atoms with van der Waals surface area (Å²) in [6.45, 7) is 5.96. The first kappa shape index (κ1) is 18.6. The van der Waals surface area contributed by atoms with Crippen LogP contribution in [0.15, 0.2) is 53.5 Å². The second kappa shape index (κ2) is 7.88. The number of halogens is 2. The summed E-state index contributed by atoms with van der Waals surface area (Å²) < 4.78 is 0. The summed E-state index contributed by atoms with van der Waals surface area (Å²) in [6, 6.07) is 14.6. The monoisotopic (exact) mass is 365 g/mol. The SMILES string of the molecule is CC(C)(C)NC(=NC(c1ccc(Cl)cc1)c1ccc(Cl)cc1)NO. The highest BCUT2D eigenvalue weighted by Crippen LogP contribution is 2.28. The van der Waals surface area contributed by atoms with Crippen molar-refractivity contribution in [3.8, 4) is 0 Å². The quantitative estimate of drug-likeness (QED) is 0.415. The van der Waals surface area contributed by atoms with Crippen molar-refractivity contribution in [2.75, 3.05) is 0 Å². The van der Waals surface area contributed by atoms with E-state index in [0.29, 0.717) is 10.0 Å². The number of hydroxylamine groups is 1. The zero-order valence-electron chi connectivity index (χ0n) is 13.8. The molecule has 2 aromatic rings. The van der Waals surface area contributed by atoms with Crippen LogP contribution in [0.2, 0.25) is 10.0 Å².